The lowest BCUT2D eigenvalue weighted by atomic mass is 10.1. The third kappa shape index (κ3) is 3.57. The van der Waals surface area contributed by atoms with Crippen LogP contribution in [0.3, 0.4) is 0 Å². The lowest BCUT2D eigenvalue weighted by Crippen LogP contribution is -2.35. The molecular formula is C22H22FN7O. The monoisotopic (exact) mass is 419 g/mol. The summed E-state index contributed by atoms with van der Waals surface area (Å²) in [6, 6.07) is 9.80. The van der Waals surface area contributed by atoms with Crippen molar-refractivity contribution in [3.8, 4) is 22.6 Å². The molecule has 1 aromatic carbocycles. The zero-order chi connectivity index (χ0) is 21.5. The van der Waals surface area contributed by atoms with Gasteiger partial charge in [-0.25, -0.2) is 18.9 Å². The fourth-order valence-corrected chi connectivity index (χ4v) is 3.90. The van der Waals surface area contributed by atoms with Gasteiger partial charge in [0.25, 0.3) is 0 Å². The number of aromatic nitrogens is 5. The van der Waals surface area contributed by atoms with Crippen LogP contribution in [-0.4, -0.2) is 42.6 Å². The number of hydrogen-bond donors (Lipinski definition) is 2. The number of carbonyl (C=O) groups is 1. The standard InChI is InChI=1S/C22H22FN7O/c1-13-25-20(14-5-7-15(23)8-6-14)21(29(13)2)16-9-10-19-26-18(12-30(19)28-16)27-22(31)17-4-3-11-24-17/h5-10,12,17,24H,3-4,11H2,1-2H3,(H,27,31). The molecule has 5 rings (SSSR count). The van der Waals surface area contributed by atoms with E-state index in [2.05, 4.69) is 20.6 Å². The normalized spacial score (nSPS) is 16.2. The van der Waals surface area contributed by atoms with Crippen molar-refractivity contribution in [3.05, 3.63) is 54.2 Å². The second-order valence-corrected chi connectivity index (χ2v) is 7.71. The SMILES string of the molecule is Cc1nc(-c2ccc(F)cc2)c(-c2ccc3nc(NC(=O)C4CCCN4)cn3n2)n1C. The van der Waals surface area contributed by atoms with Gasteiger partial charge in [0.1, 0.15) is 17.3 Å². The number of fused-ring (bicyclic) bond motifs is 1. The number of hydrogen-bond acceptors (Lipinski definition) is 5. The maximum Gasteiger partial charge on any atom is 0.242 e. The average molecular weight is 419 g/mol. The molecule has 4 aromatic rings. The third-order valence-electron chi connectivity index (χ3n) is 5.63. The van der Waals surface area contributed by atoms with Crippen LogP contribution >= 0.6 is 0 Å². The number of anilines is 1. The molecule has 4 heterocycles. The summed E-state index contributed by atoms with van der Waals surface area (Å²) in [5, 5.41) is 10.7. The Morgan fingerprint density at radius 1 is 1.19 bits per heavy atom. The van der Waals surface area contributed by atoms with E-state index in [9.17, 15) is 9.18 Å². The minimum absolute atomic E-state index is 0.0815. The lowest BCUT2D eigenvalue weighted by Gasteiger charge is -2.08. The van der Waals surface area contributed by atoms with Gasteiger partial charge in [-0.1, -0.05) is 0 Å². The number of nitrogens with one attached hydrogen (secondary N) is 2. The van der Waals surface area contributed by atoms with E-state index < -0.39 is 0 Å². The first-order valence-electron chi connectivity index (χ1n) is 10.2. The van der Waals surface area contributed by atoms with Crippen molar-refractivity contribution in [2.24, 2.45) is 7.05 Å². The van der Waals surface area contributed by atoms with Crippen molar-refractivity contribution >= 4 is 17.4 Å². The first kappa shape index (κ1) is 19.4. The first-order chi connectivity index (χ1) is 15.0. The van der Waals surface area contributed by atoms with E-state index in [1.54, 1.807) is 22.8 Å². The van der Waals surface area contributed by atoms with E-state index in [1.165, 1.54) is 12.1 Å². The summed E-state index contributed by atoms with van der Waals surface area (Å²) in [6.07, 6.45) is 3.52. The minimum atomic E-state index is -0.293. The average Bonchev–Trinajstić information content (AvgIpc) is 3.48. The van der Waals surface area contributed by atoms with E-state index >= 15 is 0 Å². The van der Waals surface area contributed by atoms with Crippen LogP contribution in [0.1, 0.15) is 18.7 Å². The smallest absolute Gasteiger partial charge is 0.242 e. The van der Waals surface area contributed by atoms with Crippen molar-refractivity contribution < 1.29 is 9.18 Å². The summed E-state index contributed by atoms with van der Waals surface area (Å²) < 4.78 is 17.0. The highest BCUT2D eigenvalue weighted by Gasteiger charge is 2.23. The van der Waals surface area contributed by atoms with Crippen LogP contribution in [0.5, 0.6) is 0 Å². The fraction of sp³-hybridized carbons (Fsp3) is 0.273. The Kier molecular flexibility index (Phi) is 4.74. The molecule has 1 aliphatic rings. The molecule has 9 heteroatoms. The van der Waals surface area contributed by atoms with Crippen LogP contribution in [-0.2, 0) is 11.8 Å². The van der Waals surface area contributed by atoms with Crippen LogP contribution < -0.4 is 10.6 Å². The van der Waals surface area contributed by atoms with Gasteiger partial charge >= 0.3 is 0 Å². The zero-order valence-corrected chi connectivity index (χ0v) is 17.3. The van der Waals surface area contributed by atoms with Crippen LogP contribution in [0.15, 0.2) is 42.6 Å². The predicted octanol–water partition coefficient (Wildman–Crippen LogP) is 2.93. The summed E-state index contributed by atoms with van der Waals surface area (Å²) in [5.74, 6) is 0.905. The summed E-state index contributed by atoms with van der Waals surface area (Å²) >= 11 is 0. The molecule has 1 saturated heterocycles. The predicted molar refractivity (Wildman–Crippen MR) is 115 cm³/mol. The molecule has 1 unspecified atom stereocenters. The number of imidazole rings is 2. The second-order valence-electron chi connectivity index (χ2n) is 7.71. The van der Waals surface area contributed by atoms with E-state index in [0.29, 0.717) is 17.2 Å². The molecule has 158 valence electrons. The van der Waals surface area contributed by atoms with Gasteiger partial charge in [-0.05, 0) is 62.7 Å². The highest BCUT2D eigenvalue weighted by Crippen LogP contribution is 2.31. The molecule has 2 N–H and O–H groups in total. The summed E-state index contributed by atoms with van der Waals surface area (Å²) in [6.45, 7) is 2.77. The first-order valence-corrected chi connectivity index (χ1v) is 10.2. The highest BCUT2D eigenvalue weighted by atomic mass is 19.1. The molecule has 0 spiro atoms. The maximum atomic E-state index is 13.4. The van der Waals surface area contributed by atoms with Crippen molar-refractivity contribution in [3.63, 3.8) is 0 Å². The molecule has 1 atom stereocenters. The number of halogens is 1. The minimum Gasteiger partial charge on any atom is -0.330 e. The molecule has 1 amide bonds. The molecule has 1 fully saturated rings. The molecule has 0 saturated carbocycles. The van der Waals surface area contributed by atoms with Crippen LogP contribution in [0.4, 0.5) is 10.2 Å². The molecule has 1 aliphatic heterocycles. The van der Waals surface area contributed by atoms with Crippen LogP contribution in [0.2, 0.25) is 0 Å². The molecular weight excluding hydrogens is 397 g/mol. The largest absolute Gasteiger partial charge is 0.330 e. The van der Waals surface area contributed by atoms with Gasteiger partial charge in [-0.15, -0.1) is 0 Å². The Balaban J connectivity index is 1.51. The van der Waals surface area contributed by atoms with Gasteiger partial charge in [0, 0.05) is 12.6 Å². The van der Waals surface area contributed by atoms with Gasteiger partial charge < -0.3 is 15.2 Å². The second kappa shape index (κ2) is 7.59. The van der Waals surface area contributed by atoms with Gasteiger partial charge in [-0.2, -0.15) is 5.10 Å². The van der Waals surface area contributed by atoms with Crippen LogP contribution in [0, 0.1) is 12.7 Å². The Labute approximate surface area is 178 Å². The van der Waals surface area contributed by atoms with Crippen molar-refractivity contribution in [2.45, 2.75) is 25.8 Å². The van der Waals surface area contributed by atoms with Crippen molar-refractivity contribution in [2.75, 3.05) is 11.9 Å². The number of nitrogens with zero attached hydrogens (tertiary/aromatic N) is 5. The number of aryl methyl sites for hydroxylation is 1. The summed E-state index contributed by atoms with van der Waals surface area (Å²) in [4.78, 5) is 21.5. The number of carbonyl (C=O) groups excluding carboxylic acids is 1. The van der Waals surface area contributed by atoms with Gasteiger partial charge in [-0.3, -0.25) is 4.79 Å². The topological polar surface area (TPSA) is 89.1 Å². The van der Waals surface area contributed by atoms with E-state index in [1.807, 2.05) is 30.7 Å². The van der Waals surface area contributed by atoms with Crippen LogP contribution in [0.25, 0.3) is 28.3 Å². The Morgan fingerprint density at radius 2 is 2.00 bits per heavy atom. The van der Waals surface area contributed by atoms with Crippen molar-refractivity contribution in [1.82, 2.24) is 29.5 Å². The van der Waals surface area contributed by atoms with Gasteiger partial charge in [0.05, 0.1) is 23.6 Å². The highest BCUT2D eigenvalue weighted by molar-refractivity contribution is 5.94. The molecule has 31 heavy (non-hydrogen) atoms. The summed E-state index contributed by atoms with van der Waals surface area (Å²) in [7, 11) is 1.92. The van der Waals surface area contributed by atoms with E-state index in [4.69, 9.17) is 5.10 Å². The molecule has 8 nitrogen and oxygen atoms in total. The Hall–Kier alpha value is -3.59. The van der Waals surface area contributed by atoms with E-state index in [0.717, 1.165) is 42.2 Å². The van der Waals surface area contributed by atoms with E-state index in [-0.39, 0.29) is 17.8 Å². The van der Waals surface area contributed by atoms with Gasteiger partial charge in [0.15, 0.2) is 11.5 Å². The summed E-state index contributed by atoms with van der Waals surface area (Å²) in [5.41, 5.74) is 3.68. The third-order valence-corrected chi connectivity index (χ3v) is 5.63. The Morgan fingerprint density at radius 3 is 2.74 bits per heavy atom. The number of amides is 1. The zero-order valence-electron chi connectivity index (χ0n) is 17.3. The molecule has 3 aromatic heterocycles. The van der Waals surface area contributed by atoms with Gasteiger partial charge in [0.2, 0.25) is 5.91 Å². The fourth-order valence-electron chi connectivity index (χ4n) is 3.90. The number of benzene rings is 1. The Bertz CT molecular complexity index is 1270. The maximum absolute atomic E-state index is 13.4. The number of rotatable bonds is 4. The molecule has 0 aliphatic carbocycles. The lowest BCUT2D eigenvalue weighted by molar-refractivity contribution is -0.117. The van der Waals surface area contributed by atoms with Crippen molar-refractivity contribution in [1.29, 1.82) is 0 Å². The molecule has 0 radical (unpaired) electrons. The quantitative estimate of drug-likeness (QED) is 0.531. The molecule has 0 bridgehead atoms.